The summed E-state index contributed by atoms with van der Waals surface area (Å²) in [6.45, 7) is 1.69. The molecule has 1 heterocycles. The Labute approximate surface area is 119 Å². The van der Waals surface area contributed by atoms with Gasteiger partial charge in [-0.25, -0.2) is 4.79 Å². The monoisotopic (exact) mass is 278 g/mol. The fraction of sp³-hybridized carbons (Fsp3) is 0.625. The number of Topliss-reactive ketones (excluding diaryl/α,β-unsaturated/α-hetero) is 1. The molecule has 0 saturated heterocycles. The molecule has 0 N–H and O–H groups in total. The number of hydrogen-bond acceptors (Lipinski definition) is 4. The van der Waals surface area contributed by atoms with Crippen molar-refractivity contribution in [2.75, 3.05) is 0 Å². The summed E-state index contributed by atoms with van der Waals surface area (Å²) in [5, 5.41) is 0. The number of allylic oxidation sites excluding steroid dienone is 1. The van der Waals surface area contributed by atoms with Crippen LogP contribution in [0.5, 0.6) is 0 Å². The van der Waals surface area contributed by atoms with Gasteiger partial charge in [-0.15, -0.1) is 0 Å². The molecule has 110 valence electrons. The Kier molecular flexibility index (Phi) is 5.39. The highest BCUT2D eigenvalue weighted by Gasteiger charge is 2.23. The van der Waals surface area contributed by atoms with Crippen LogP contribution < -0.4 is 0 Å². The summed E-state index contributed by atoms with van der Waals surface area (Å²) >= 11 is 0. The van der Waals surface area contributed by atoms with Crippen LogP contribution >= 0.6 is 0 Å². The molecule has 0 aromatic carbocycles. The minimum absolute atomic E-state index is 0.164. The zero-order valence-corrected chi connectivity index (χ0v) is 12.0. The topological polar surface area (TPSA) is 52.6 Å². The van der Waals surface area contributed by atoms with Gasteiger partial charge in [0.1, 0.15) is 0 Å². The summed E-state index contributed by atoms with van der Waals surface area (Å²) in [5.74, 6) is -0.192. The Morgan fingerprint density at radius 1 is 1.10 bits per heavy atom. The third-order valence-electron chi connectivity index (χ3n) is 3.73. The van der Waals surface area contributed by atoms with Gasteiger partial charge in [-0.3, -0.25) is 4.79 Å². The summed E-state index contributed by atoms with van der Waals surface area (Å²) in [7, 11) is 0. The first-order valence-corrected chi connectivity index (χ1v) is 7.44. The minimum Gasteiger partial charge on any atom is -0.458 e. The molecule has 1 unspecified atom stereocenters. The number of esters is 1. The Bertz CT molecular complexity index is 434. The summed E-state index contributed by atoms with van der Waals surface area (Å²) in [6, 6.07) is 0. The van der Waals surface area contributed by atoms with Crippen molar-refractivity contribution < 1.29 is 19.1 Å². The average Bonchev–Trinajstić information content (AvgIpc) is 2.75. The molecule has 0 radical (unpaired) electrons. The molecule has 1 aliphatic carbocycles. The van der Waals surface area contributed by atoms with Crippen LogP contribution in [0.3, 0.4) is 0 Å². The predicted molar refractivity (Wildman–Crippen MR) is 74.7 cm³/mol. The standard InChI is InChI=1S/C16H22O4/c1-12-10-15(20-16(12)18)19-11-13-8-6-4-2-3-5-7-9-14(13)17/h10-11,15H,2-9H2,1H3. The number of carbonyl (C=O) groups is 2. The maximum Gasteiger partial charge on any atom is 0.336 e. The molecular formula is C16H22O4. The summed E-state index contributed by atoms with van der Waals surface area (Å²) in [6.07, 6.45) is 10.5. The van der Waals surface area contributed by atoms with E-state index >= 15 is 0 Å². The fourth-order valence-corrected chi connectivity index (χ4v) is 2.45. The van der Waals surface area contributed by atoms with Crippen molar-refractivity contribution in [1.29, 1.82) is 0 Å². The van der Waals surface area contributed by atoms with E-state index in [4.69, 9.17) is 9.47 Å². The highest BCUT2D eigenvalue weighted by atomic mass is 16.7. The summed E-state index contributed by atoms with van der Waals surface area (Å²) in [5.41, 5.74) is 1.27. The maximum atomic E-state index is 12.1. The SMILES string of the molecule is CC1=CC(OC=C2CCCCCCCCC2=O)OC1=O. The second-order valence-corrected chi connectivity index (χ2v) is 5.45. The van der Waals surface area contributed by atoms with Crippen LogP contribution in [0.15, 0.2) is 23.5 Å². The first-order chi connectivity index (χ1) is 9.66. The quantitative estimate of drug-likeness (QED) is 0.441. The number of carbonyl (C=O) groups excluding carboxylic acids is 2. The molecule has 0 bridgehead atoms. The van der Waals surface area contributed by atoms with E-state index < -0.39 is 6.29 Å². The van der Waals surface area contributed by atoms with Gasteiger partial charge in [0.25, 0.3) is 6.29 Å². The fourth-order valence-electron chi connectivity index (χ4n) is 2.45. The van der Waals surface area contributed by atoms with Crippen LogP contribution in [0.1, 0.15) is 58.3 Å². The molecule has 2 rings (SSSR count). The lowest BCUT2D eigenvalue weighted by atomic mass is 9.97. The zero-order chi connectivity index (χ0) is 14.4. The van der Waals surface area contributed by atoms with E-state index in [1.165, 1.54) is 19.1 Å². The lowest BCUT2D eigenvalue weighted by Crippen LogP contribution is -2.11. The van der Waals surface area contributed by atoms with E-state index in [0.717, 1.165) is 37.7 Å². The first-order valence-electron chi connectivity index (χ1n) is 7.44. The highest BCUT2D eigenvalue weighted by molar-refractivity contribution is 5.95. The molecule has 1 fully saturated rings. The van der Waals surface area contributed by atoms with E-state index in [1.807, 2.05) is 0 Å². The van der Waals surface area contributed by atoms with Crippen molar-refractivity contribution >= 4 is 11.8 Å². The van der Waals surface area contributed by atoms with Crippen molar-refractivity contribution in [3.8, 4) is 0 Å². The second-order valence-electron chi connectivity index (χ2n) is 5.45. The van der Waals surface area contributed by atoms with E-state index in [-0.39, 0.29) is 11.8 Å². The van der Waals surface area contributed by atoms with Crippen LogP contribution in [-0.4, -0.2) is 18.0 Å². The second kappa shape index (κ2) is 7.27. The average molecular weight is 278 g/mol. The van der Waals surface area contributed by atoms with Crippen molar-refractivity contribution in [1.82, 2.24) is 0 Å². The molecule has 4 nitrogen and oxygen atoms in total. The van der Waals surface area contributed by atoms with Gasteiger partial charge in [0, 0.05) is 23.6 Å². The minimum atomic E-state index is -0.682. The molecule has 1 aliphatic heterocycles. The largest absolute Gasteiger partial charge is 0.458 e. The van der Waals surface area contributed by atoms with E-state index in [1.54, 1.807) is 13.0 Å². The molecule has 2 aliphatic rings. The van der Waals surface area contributed by atoms with Crippen molar-refractivity contribution in [3.63, 3.8) is 0 Å². The van der Waals surface area contributed by atoms with Crippen molar-refractivity contribution in [2.45, 2.75) is 64.6 Å². The van der Waals surface area contributed by atoms with Gasteiger partial charge in [-0.1, -0.05) is 25.7 Å². The highest BCUT2D eigenvalue weighted by Crippen LogP contribution is 2.20. The van der Waals surface area contributed by atoms with Crippen LogP contribution in [-0.2, 0) is 19.1 Å². The Morgan fingerprint density at radius 2 is 1.75 bits per heavy atom. The molecule has 0 aromatic rings. The van der Waals surface area contributed by atoms with Crippen LogP contribution in [0.2, 0.25) is 0 Å². The number of cyclic esters (lactones) is 1. The van der Waals surface area contributed by atoms with Gasteiger partial charge in [0.15, 0.2) is 5.78 Å². The van der Waals surface area contributed by atoms with Crippen LogP contribution in [0, 0.1) is 0 Å². The molecule has 1 saturated carbocycles. The molecule has 0 amide bonds. The number of ether oxygens (including phenoxy) is 2. The number of rotatable bonds is 2. The predicted octanol–water partition coefficient (Wildman–Crippen LogP) is 3.42. The van der Waals surface area contributed by atoms with Gasteiger partial charge in [-0.05, 0) is 26.2 Å². The molecule has 0 spiro atoms. The molecular weight excluding hydrogens is 256 g/mol. The zero-order valence-electron chi connectivity index (χ0n) is 12.0. The first kappa shape index (κ1) is 14.8. The molecule has 1 atom stereocenters. The summed E-state index contributed by atoms with van der Waals surface area (Å²) < 4.78 is 10.4. The lowest BCUT2D eigenvalue weighted by Gasteiger charge is -2.12. The maximum absolute atomic E-state index is 12.1. The smallest absolute Gasteiger partial charge is 0.336 e. The normalized spacial score (nSPS) is 27.1. The lowest BCUT2D eigenvalue weighted by molar-refractivity contribution is -0.152. The Hall–Kier alpha value is -1.58. The third kappa shape index (κ3) is 4.22. The van der Waals surface area contributed by atoms with Crippen LogP contribution in [0.4, 0.5) is 0 Å². The van der Waals surface area contributed by atoms with E-state index in [2.05, 4.69) is 0 Å². The molecule has 4 heteroatoms. The van der Waals surface area contributed by atoms with Gasteiger partial charge in [0.2, 0.25) is 0 Å². The van der Waals surface area contributed by atoms with E-state index in [9.17, 15) is 9.59 Å². The van der Waals surface area contributed by atoms with E-state index in [0.29, 0.717) is 12.0 Å². The van der Waals surface area contributed by atoms with Crippen LogP contribution in [0.25, 0.3) is 0 Å². The Morgan fingerprint density at radius 3 is 2.40 bits per heavy atom. The van der Waals surface area contributed by atoms with Crippen molar-refractivity contribution in [3.05, 3.63) is 23.5 Å². The molecule has 0 aromatic heterocycles. The van der Waals surface area contributed by atoms with Gasteiger partial charge >= 0.3 is 5.97 Å². The number of ketones is 1. The molecule has 20 heavy (non-hydrogen) atoms. The van der Waals surface area contributed by atoms with Crippen molar-refractivity contribution in [2.24, 2.45) is 0 Å². The third-order valence-corrected chi connectivity index (χ3v) is 3.73. The van der Waals surface area contributed by atoms with Gasteiger partial charge in [-0.2, -0.15) is 0 Å². The number of hydrogen-bond donors (Lipinski definition) is 0. The van der Waals surface area contributed by atoms with Gasteiger partial charge in [0.05, 0.1) is 6.26 Å². The summed E-state index contributed by atoms with van der Waals surface area (Å²) in [4.78, 5) is 23.3. The Balaban J connectivity index is 1.94. The van der Waals surface area contributed by atoms with Gasteiger partial charge < -0.3 is 9.47 Å².